The zero-order valence-electron chi connectivity index (χ0n) is 6.67. The number of amides is 1. The zero-order chi connectivity index (χ0) is 10.0. The average molecular weight is 185 g/mol. The van der Waals surface area contributed by atoms with Crippen molar-refractivity contribution in [1.82, 2.24) is 15.4 Å². The van der Waals surface area contributed by atoms with Crippen LogP contribution in [0.3, 0.4) is 0 Å². The summed E-state index contributed by atoms with van der Waals surface area (Å²) in [6.45, 7) is 1.38. The summed E-state index contributed by atoms with van der Waals surface area (Å²) >= 11 is 0. The Balaban J connectivity index is 3.46. The maximum absolute atomic E-state index is 11.0. The summed E-state index contributed by atoms with van der Waals surface area (Å²) in [6.07, 6.45) is 0. The molecule has 4 N–H and O–H groups in total. The fourth-order valence-corrected chi connectivity index (χ4v) is 0.929. The van der Waals surface area contributed by atoms with Gasteiger partial charge in [-0.05, 0) is 6.92 Å². The van der Waals surface area contributed by atoms with Gasteiger partial charge in [0.05, 0.1) is 0 Å². The molecule has 1 rings (SSSR count). The molecule has 0 unspecified atom stereocenters. The monoisotopic (exact) mass is 185 g/mol. The van der Waals surface area contributed by atoms with Crippen molar-refractivity contribution in [2.24, 2.45) is 0 Å². The van der Waals surface area contributed by atoms with Crippen LogP contribution in [0.1, 0.15) is 16.1 Å². The van der Waals surface area contributed by atoms with E-state index in [4.69, 9.17) is 5.21 Å². The van der Waals surface area contributed by atoms with E-state index in [1.54, 1.807) is 0 Å². The summed E-state index contributed by atoms with van der Waals surface area (Å²) in [6, 6.07) is 0. The van der Waals surface area contributed by atoms with E-state index in [-0.39, 0.29) is 11.3 Å². The number of carbonyl (C=O) groups excluding carboxylic acids is 1. The molecule has 0 saturated carbocycles. The van der Waals surface area contributed by atoms with Gasteiger partial charge in [-0.15, -0.1) is 0 Å². The normalized spacial score (nSPS) is 9.69. The van der Waals surface area contributed by atoms with Gasteiger partial charge in [-0.25, -0.2) is 10.3 Å². The zero-order valence-corrected chi connectivity index (χ0v) is 6.67. The molecule has 0 atom stereocenters. The third-order valence-electron chi connectivity index (χ3n) is 1.46. The van der Waals surface area contributed by atoms with Crippen molar-refractivity contribution in [3.63, 3.8) is 0 Å². The Morgan fingerprint density at radius 2 is 2.00 bits per heavy atom. The second-order valence-electron chi connectivity index (χ2n) is 2.35. The van der Waals surface area contributed by atoms with Gasteiger partial charge in [-0.2, -0.15) is 0 Å². The van der Waals surface area contributed by atoms with E-state index < -0.39 is 17.2 Å². The van der Waals surface area contributed by atoms with Crippen molar-refractivity contribution in [2.45, 2.75) is 6.92 Å². The van der Waals surface area contributed by atoms with Gasteiger partial charge in [0.25, 0.3) is 11.5 Å². The minimum Gasteiger partial charge on any atom is -0.311 e. The molecule has 0 aromatic carbocycles. The molecule has 7 heteroatoms. The lowest BCUT2D eigenvalue weighted by Gasteiger charge is -1.99. The lowest BCUT2D eigenvalue weighted by atomic mass is 10.2. The number of hydrogen-bond acceptors (Lipinski definition) is 4. The molecule has 0 radical (unpaired) electrons. The quantitative estimate of drug-likeness (QED) is 0.314. The number of hydrogen-bond donors (Lipinski definition) is 4. The predicted octanol–water partition coefficient (Wildman–Crippen LogP) is -1.51. The Kier molecular flexibility index (Phi) is 2.29. The van der Waals surface area contributed by atoms with E-state index in [0.29, 0.717) is 0 Å². The third kappa shape index (κ3) is 1.64. The van der Waals surface area contributed by atoms with Gasteiger partial charge in [0.2, 0.25) is 0 Å². The van der Waals surface area contributed by atoms with Crippen LogP contribution in [-0.2, 0) is 0 Å². The molecule has 0 bridgehead atoms. The largest absolute Gasteiger partial charge is 0.325 e. The summed E-state index contributed by atoms with van der Waals surface area (Å²) in [7, 11) is 0. The molecule has 7 nitrogen and oxygen atoms in total. The molecule has 0 aliphatic carbocycles. The minimum atomic E-state index is -0.963. The summed E-state index contributed by atoms with van der Waals surface area (Å²) in [5, 5.41) is 8.26. The molecule has 1 aromatic heterocycles. The van der Waals surface area contributed by atoms with Gasteiger partial charge >= 0.3 is 5.69 Å². The summed E-state index contributed by atoms with van der Waals surface area (Å²) in [5.41, 5.74) is -0.456. The highest BCUT2D eigenvalue weighted by atomic mass is 16.5. The fraction of sp³-hybridized carbons (Fsp3) is 0.167. The first-order valence-corrected chi connectivity index (χ1v) is 3.34. The van der Waals surface area contributed by atoms with E-state index in [0.717, 1.165) is 0 Å². The number of aromatic amines is 2. The molecule has 1 aromatic rings. The molecular weight excluding hydrogens is 178 g/mol. The van der Waals surface area contributed by atoms with Crippen molar-refractivity contribution in [3.05, 3.63) is 32.1 Å². The first-order valence-electron chi connectivity index (χ1n) is 3.34. The molecule has 70 valence electrons. The Labute approximate surface area is 71.4 Å². The highest BCUT2D eigenvalue weighted by molar-refractivity contribution is 5.93. The highest BCUT2D eigenvalue weighted by Gasteiger charge is 2.13. The van der Waals surface area contributed by atoms with E-state index in [1.165, 1.54) is 12.4 Å². The van der Waals surface area contributed by atoms with Crippen molar-refractivity contribution in [3.8, 4) is 0 Å². The molecule has 1 amide bonds. The number of aryl methyl sites for hydroxylation is 1. The van der Waals surface area contributed by atoms with Gasteiger partial charge in [-0.1, -0.05) is 0 Å². The number of nitrogens with one attached hydrogen (secondary N) is 3. The van der Waals surface area contributed by atoms with Gasteiger partial charge in [-0.3, -0.25) is 19.8 Å². The molecule has 13 heavy (non-hydrogen) atoms. The van der Waals surface area contributed by atoms with Crippen LogP contribution in [0.5, 0.6) is 0 Å². The van der Waals surface area contributed by atoms with Crippen LogP contribution in [0.4, 0.5) is 0 Å². The van der Waals surface area contributed by atoms with Gasteiger partial charge in [0.15, 0.2) is 0 Å². The molecule has 0 aliphatic heterocycles. The van der Waals surface area contributed by atoms with E-state index in [2.05, 4.69) is 4.98 Å². The van der Waals surface area contributed by atoms with Crippen molar-refractivity contribution in [2.75, 3.05) is 0 Å². The standard InChI is InChI=1S/C6H7N3O4/c1-2-3(5(11)9-13)4(10)8-6(12)7-2/h13H,1H3,(H,9,11)(H2,7,8,10,12). The molecule has 0 saturated heterocycles. The van der Waals surface area contributed by atoms with Crippen molar-refractivity contribution in [1.29, 1.82) is 0 Å². The average Bonchev–Trinajstić information content (AvgIpc) is 2.02. The first kappa shape index (κ1) is 9.20. The van der Waals surface area contributed by atoms with Gasteiger partial charge < -0.3 is 4.98 Å². The highest BCUT2D eigenvalue weighted by Crippen LogP contribution is 1.92. The maximum atomic E-state index is 11.0. The molecule has 0 spiro atoms. The second-order valence-corrected chi connectivity index (χ2v) is 2.35. The molecule has 0 aliphatic rings. The number of carbonyl (C=O) groups is 1. The van der Waals surface area contributed by atoms with E-state index in [9.17, 15) is 14.4 Å². The minimum absolute atomic E-state index is 0.0975. The van der Waals surface area contributed by atoms with Crippen LogP contribution >= 0.6 is 0 Å². The fourth-order valence-electron chi connectivity index (χ4n) is 0.929. The van der Waals surface area contributed by atoms with Gasteiger partial charge in [0, 0.05) is 5.69 Å². The van der Waals surface area contributed by atoms with Crippen LogP contribution in [-0.4, -0.2) is 21.1 Å². The van der Waals surface area contributed by atoms with Crippen molar-refractivity contribution >= 4 is 5.91 Å². The Bertz CT molecular complexity index is 444. The summed E-state index contributed by atoms with van der Waals surface area (Å²) in [5.74, 6) is -0.963. The number of aromatic nitrogens is 2. The molecular formula is C6H7N3O4. The third-order valence-corrected chi connectivity index (χ3v) is 1.46. The molecule has 0 fully saturated rings. The number of H-pyrrole nitrogens is 2. The smallest absolute Gasteiger partial charge is 0.311 e. The Hall–Kier alpha value is -1.89. The Morgan fingerprint density at radius 3 is 2.46 bits per heavy atom. The summed E-state index contributed by atoms with van der Waals surface area (Å²) in [4.78, 5) is 36.6. The van der Waals surface area contributed by atoms with Gasteiger partial charge in [0.1, 0.15) is 5.56 Å². The topological polar surface area (TPSA) is 115 Å². The summed E-state index contributed by atoms with van der Waals surface area (Å²) < 4.78 is 0. The van der Waals surface area contributed by atoms with Crippen LogP contribution in [0.15, 0.2) is 9.59 Å². The van der Waals surface area contributed by atoms with Crippen LogP contribution in [0, 0.1) is 6.92 Å². The van der Waals surface area contributed by atoms with Crippen LogP contribution < -0.4 is 16.7 Å². The molecule has 1 heterocycles. The van der Waals surface area contributed by atoms with Crippen LogP contribution in [0.2, 0.25) is 0 Å². The lowest BCUT2D eigenvalue weighted by molar-refractivity contribution is 0.0703. The first-order chi connectivity index (χ1) is 6.06. The van der Waals surface area contributed by atoms with Crippen LogP contribution in [0.25, 0.3) is 0 Å². The van der Waals surface area contributed by atoms with E-state index in [1.807, 2.05) is 4.98 Å². The predicted molar refractivity (Wildman–Crippen MR) is 41.7 cm³/mol. The van der Waals surface area contributed by atoms with Crippen molar-refractivity contribution < 1.29 is 10.0 Å². The maximum Gasteiger partial charge on any atom is 0.325 e. The second kappa shape index (κ2) is 3.23. The SMILES string of the molecule is Cc1[nH]c(=O)[nH]c(=O)c1C(=O)NO. The van der Waals surface area contributed by atoms with E-state index >= 15 is 0 Å². The lowest BCUT2D eigenvalue weighted by Crippen LogP contribution is -2.33. The number of rotatable bonds is 1. The Morgan fingerprint density at radius 1 is 1.38 bits per heavy atom. The number of hydroxylamine groups is 1.